The van der Waals surface area contributed by atoms with Crippen LogP contribution in [0.1, 0.15) is 31.4 Å². The van der Waals surface area contributed by atoms with E-state index in [1.165, 1.54) is 12.1 Å². The molecule has 0 bridgehead atoms. The number of aryl methyl sites for hydroxylation is 2. The Labute approximate surface area is 171 Å². The summed E-state index contributed by atoms with van der Waals surface area (Å²) in [7, 11) is 4.78. The lowest BCUT2D eigenvalue weighted by molar-refractivity contribution is -0.123. The molecule has 0 saturated heterocycles. The summed E-state index contributed by atoms with van der Waals surface area (Å²) < 4.78 is 35.6. The first kappa shape index (κ1) is 22.5. The molecule has 0 aromatic heterocycles. The topological polar surface area (TPSA) is 54.0 Å². The predicted molar refractivity (Wildman–Crippen MR) is 110 cm³/mol. The first-order valence-corrected chi connectivity index (χ1v) is 9.61. The Hall–Kier alpha value is -2.76. The number of halogens is 1. The monoisotopic (exact) mass is 404 g/mol. The summed E-state index contributed by atoms with van der Waals surface area (Å²) >= 11 is 0. The van der Waals surface area contributed by atoms with Gasteiger partial charge in [0.05, 0.1) is 21.3 Å². The third kappa shape index (κ3) is 6.38. The van der Waals surface area contributed by atoms with E-state index in [-0.39, 0.29) is 24.1 Å². The zero-order valence-corrected chi connectivity index (χ0v) is 17.7. The molecule has 0 radical (unpaired) electrons. The van der Waals surface area contributed by atoms with Crippen molar-refractivity contribution in [2.45, 2.75) is 33.1 Å². The summed E-state index contributed by atoms with van der Waals surface area (Å²) in [5.41, 5.74) is 1.77. The molecule has 0 aliphatic rings. The summed E-state index contributed by atoms with van der Waals surface area (Å²) in [5, 5.41) is 0. The number of carbonyl (C=O) groups excluding carboxylic acids is 1. The van der Waals surface area contributed by atoms with Gasteiger partial charge in [0, 0.05) is 23.6 Å². The van der Waals surface area contributed by atoms with Gasteiger partial charge in [0.15, 0.2) is 17.3 Å². The number of rotatable bonds is 11. The van der Waals surface area contributed by atoms with Crippen molar-refractivity contribution >= 4 is 5.78 Å². The van der Waals surface area contributed by atoms with E-state index in [9.17, 15) is 9.18 Å². The molecule has 2 aromatic rings. The van der Waals surface area contributed by atoms with Crippen LogP contribution in [0.25, 0.3) is 0 Å². The highest BCUT2D eigenvalue weighted by molar-refractivity contribution is 5.81. The Morgan fingerprint density at radius 3 is 2.31 bits per heavy atom. The van der Waals surface area contributed by atoms with Gasteiger partial charge in [-0.2, -0.15) is 0 Å². The molecule has 0 aliphatic heterocycles. The maximum atomic E-state index is 14.0. The molecule has 0 saturated carbocycles. The van der Waals surface area contributed by atoms with Crippen molar-refractivity contribution in [3.63, 3.8) is 0 Å². The lowest BCUT2D eigenvalue weighted by Crippen LogP contribution is -2.16. The zero-order valence-electron chi connectivity index (χ0n) is 17.7. The lowest BCUT2D eigenvalue weighted by Gasteiger charge is -2.15. The predicted octanol–water partition coefficient (Wildman–Crippen LogP) is 4.63. The first-order valence-electron chi connectivity index (χ1n) is 9.61. The van der Waals surface area contributed by atoms with Crippen LogP contribution >= 0.6 is 0 Å². The minimum Gasteiger partial charge on any atom is -0.497 e. The van der Waals surface area contributed by atoms with Crippen LogP contribution in [0.15, 0.2) is 30.3 Å². The Morgan fingerprint density at radius 1 is 0.931 bits per heavy atom. The number of ether oxygens (including phenoxy) is 4. The van der Waals surface area contributed by atoms with E-state index in [1.807, 2.05) is 19.9 Å². The van der Waals surface area contributed by atoms with Crippen molar-refractivity contribution in [1.82, 2.24) is 0 Å². The van der Waals surface area contributed by atoms with E-state index < -0.39 is 0 Å². The van der Waals surface area contributed by atoms with E-state index in [4.69, 9.17) is 18.9 Å². The number of hydrogen-bond donors (Lipinski definition) is 0. The van der Waals surface area contributed by atoms with Crippen LogP contribution in [-0.4, -0.2) is 33.7 Å². The molecule has 0 heterocycles. The summed E-state index contributed by atoms with van der Waals surface area (Å²) in [4.78, 5) is 11.7. The lowest BCUT2D eigenvalue weighted by atomic mass is 10.0. The SMILES string of the molecule is COc1cc(CCCc2cc(F)cc(OCC(=O)C(C)C)c2)c(OC)c(OC)c1. The average Bonchev–Trinajstić information content (AvgIpc) is 2.70. The van der Waals surface area contributed by atoms with Gasteiger partial charge in [-0.1, -0.05) is 13.8 Å². The molecule has 6 heteroatoms. The molecular weight excluding hydrogens is 375 g/mol. The Kier molecular flexibility index (Phi) is 8.31. The van der Waals surface area contributed by atoms with Gasteiger partial charge in [-0.15, -0.1) is 0 Å². The minimum atomic E-state index is -0.380. The Morgan fingerprint density at radius 2 is 1.69 bits per heavy atom. The van der Waals surface area contributed by atoms with Gasteiger partial charge in [-0.05, 0) is 43.0 Å². The third-order valence-electron chi connectivity index (χ3n) is 4.63. The summed E-state index contributed by atoms with van der Waals surface area (Å²) in [6, 6.07) is 8.25. The smallest absolute Gasteiger partial charge is 0.172 e. The van der Waals surface area contributed by atoms with Gasteiger partial charge < -0.3 is 18.9 Å². The van der Waals surface area contributed by atoms with E-state index in [0.29, 0.717) is 35.8 Å². The van der Waals surface area contributed by atoms with E-state index >= 15 is 0 Å². The summed E-state index contributed by atoms with van der Waals surface area (Å²) in [6.45, 7) is 3.57. The minimum absolute atomic E-state index is 0.0186. The van der Waals surface area contributed by atoms with Crippen LogP contribution in [0.5, 0.6) is 23.0 Å². The maximum absolute atomic E-state index is 14.0. The fraction of sp³-hybridized carbons (Fsp3) is 0.435. The van der Waals surface area contributed by atoms with Gasteiger partial charge >= 0.3 is 0 Å². The summed E-state index contributed by atoms with van der Waals surface area (Å²) in [5.74, 6) is 1.83. The molecule has 0 unspecified atom stereocenters. The van der Waals surface area contributed by atoms with Crippen molar-refractivity contribution in [2.24, 2.45) is 5.92 Å². The Bertz CT molecular complexity index is 832. The molecule has 0 atom stereocenters. The number of Topliss-reactive ketones (excluding diaryl/α,β-unsaturated/α-hetero) is 1. The highest BCUT2D eigenvalue weighted by atomic mass is 19.1. The summed E-state index contributed by atoms with van der Waals surface area (Å²) in [6.07, 6.45) is 2.12. The largest absolute Gasteiger partial charge is 0.497 e. The van der Waals surface area contributed by atoms with Crippen LogP contribution < -0.4 is 18.9 Å². The second-order valence-corrected chi connectivity index (χ2v) is 7.08. The number of carbonyl (C=O) groups is 1. The van der Waals surface area contributed by atoms with Gasteiger partial charge in [-0.3, -0.25) is 4.79 Å². The molecule has 5 nitrogen and oxygen atoms in total. The van der Waals surface area contributed by atoms with Gasteiger partial charge in [0.25, 0.3) is 0 Å². The average molecular weight is 404 g/mol. The molecule has 158 valence electrons. The standard InChI is InChI=1S/C23H29FO5/c1-15(2)21(25)14-29-20-10-16(9-18(24)12-20)7-6-8-17-11-19(26-3)13-22(27-4)23(17)28-5/h9-13,15H,6-8,14H2,1-5H3. The molecule has 0 spiro atoms. The quantitative estimate of drug-likeness (QED) is 0.547. The van der Waals surface area contributed by atoms with Crippen LogP contribution in [-0.2, 0) is 17.6 Å². The Balaban J connectivity index is 2.06. The molecule has 0 fully saturated rings. The molecule has 0 N–H and O–H groups in total. The van der Waals surface area contributed by atoms with Crippen molar-refractivity contribution in [3.05, 3.63) is 47.3 Å². The maximum Gasteiger partial charge on any atom is 0.172 e. The fourth-order valence-electron chi connectivity index (χ4n) is 2.97. The van der Waals surface area contributed by atoms with E-state index in [0.717, 1.165) is 17.5 Å². The number of methoxy groups -OCH3 is 3. The first-order chi connectivity index (χ1) is 13.9. The van der Waals surface area contributed by atoms with Crippen LogP contribution in [0.3, 0.4) is 0 Å². The zero-order chi connectivity index (χ0) is 21.4. The van der Waals surface area contributed by atoms with Crippen molar-refractivity contribution < 1.29 is 28.1 Å². The van der Waals surface area contributed by atoms with Gasteiger partial charge in [-0.25, -0.2) is 4.39 Å². The fourth-order valence-corrected chi connectivity index (χ4v) is 2.97. The van der Waals surface area contributed by atoms with Crippen LogP contribution in [0.4, 0.5) is 4.39 Å². The van der Waals surface area contributed by atoms with Gasteiger partial charge in [0.2, 0.25) is 0 Å². The second-order valence-electron chi connectivity index (χ2n) is 7.08. The van der Waals surface area contributed by atoms with E-state index in [1.54, 1.807) is 33.5 Å². The molecule has 0 aliphatic carbocycles. The normalized spacial score (nSPS) is 10.7. The third-order valence-corrected chi connectivity index (χ3v) is 4.63. The molecular formula is C23H29FO5. The highest BCUT2D eigenvalue weighted by Gasteiger charge is 2.13. The number of benzene rings is 2. The van der Waals surface area contributed by atoms with E-state index in [2.05, 4.69) is 0 Å². The van der Waals surface area contributed by atoms with Crippen molar-refractivity contribution in [3.8, 4) is 23.0 Å². The van der Waals surface area contributed by atoms with Crippen LogP contribution in [0.2, 0.25) is 0 Å². The molecule has 2 rings (SSSR count). The van der Waals surface area contributed by atoms with Gasteiger partial charge in [0.1, 0.15) is 23.9 Å². The highest BCUT2D eigenvalue weighted by Crippen LogP contribution is 2.36. The van der Waals surface area contributed by atoms with Crippen molar-refractivity contribution in [1.29, 1.82) is 0 Å². The van der Waals surface area contributed by atoms with Crippen LogP contribution in [0, 0.1) is 11.7 Å². The molecule has 2 aromatic carbocycles. The molecule has 29 heavy (non-hydrogen) atoms. The number of hydrogen-bond acceptors (Lipinski definition) is 5. The number of ketones is 1. The van der Waals surface area contributed by atoms with Crippen molar-refractivity contribution in [2.75, 3.05) is 27.9 Å². The second kappa shape index (κ2) is 10.7. The molecule has 0 amide bonds.